The maximum atomic E-state index is 10.7. The fourth-order valence-corrected chi connectivity index (χ4v) is 2.34. The SMILES string of the molecule is CCc1ccc(O)c([N-]Oc2ccc(C(=O)O)cc2)c1.CCc1ccccc1.[K+]. The third-order valence-electron chi connectivity index (χ3n) is 4.05. The van der Waals surface area contributed by atoms with Crippen molar-refractivity contribution in [3.63, 3.8) is 0 Å². The van der Waals surface area contributed by atoms with Crippen molar-refractivity contribution in [2.45, 2.75) is 26.7 Å². The van der Waals surface area contributed by atoms with Crippen LogP contribution in [0.15, 0.2) is 72.8 Å². The van der Waals surface area contributed by atoms with E-state index in [1.807, 2.05) is 19.1 Å². The second kappa shape index (κ2) is 13.4. The van der Waals surface area contributed by atoms with Gasteiger partial charge in [-0.3, -0.25) is 0 Å². The van der Waals surface area contributed by atoms with E-state index in [1.54, 1.807) is 12.1 Å². The minimum Gasteiger partial charge on any atom is -0.557 e. The van der Waals surface area contributed by atoms with Crippen molar-refractivity contribution >= 4 is 11.7 Å². The van der Waals surface area contributed by atoms with Gasteiger partial charge in [-0.05, 0) is 54.3 Å². The summed E-state index contributed by atoms with van der Waals surface area (Å²) in [6, 6.07) is 21.4. The Labute approximate surface area is 214 Å². The molecule has 3 aromatic carbocycles. The van der Waals surface area contributed by atoms with Gasteiger partial charge >= 0.3 is 57.4 Å². The van der Waals surface area contributed by atoms with Crippen LogP contribution in [0.25, 0.3) is 5.48 Å². The Morgan fingerprint density at radius 1 is 0.897 bits per heavy atom. The molecular weight excluding hydrogens is 393 g/mol. The zero-order chi connectivity index (χ0) is 20.4. The normalized spacial score (nSPS) is 9.45. The molecule has 0 saturated carbocycles. The maximum Gasteiger partial charge on any atom is 1.00 e. The van der Waals surface area contributed by atoms with Gasteiger partial charge in [0.25, 0.3) is 0 Å². The number of nitrogens with zero attached hydrogens (tertiary/aromatic N) is 1. The minimum atomic E-state index is -0.998. The number of carboxylic acids is 1. The molecule has 6 heteroatoms. The fourth-order valence-electron chi connectivity index (χ4n) is 2.34. The standard InChI is InChI=1S/C15H14NO4.C8H10.K/c1-2-10-3-8-14(17)13(9-10)16-20-12-6-4-11(5-7-12)15(18)19;1-2-8-6-4-3-5-7-8;/h3-9,17H,2H2,1H3,(H,18,19);3-7H,2H2,1H3;/q-1;;+1. The first-order valence-electron chi connectivity index (χ1n) is 9.10. The van der Waals surface area contributed by atoms with E-state index in [0.29, 0.717) is 11.4 Å². The van der Waals surface area contributed by atoms with Crippen LogP contribution in [-0.4, -0.2) is 16.2 Å². The van der Waals surface area contributed by atoms with Gasteiger partial charge in [0.2, 0.25) is 0 Å². The van der Waals surface area contributed by atoms with Crippen LogP contribution < -0.4 is 56.2 Å². The summed E-state index contributed by atoms with van der Waals surface area (Å²) in [5.74, 6) is -0.567. The molecule has 0 aromatic heterocycles. The van der Waals surface area contributed by atoms with Crippen LogP contribution in [0.1, 0.15) is 35.3 Å². The van der Waals surface area contributed by atoms with Crippen LogP contribution in [0.2, 0.25) is 0 Å². The van der Waals surface area contributed by atoms with Crippen LogP contribution in [0.4, 0.5) is 5.69 Å². The van der Waals surface area contributed by atoms with Gasteiger partial charge in [0.15, 0.2) is 0 Å². The zero-order valence-corrected chi connectivity index (χ0v) is 20.1. The summed E-state index contributed by atoms with van der Waals surface area (Å²) >= 11 is 0. The summed E-state index contributed by atoms with van der Waals surface area (Å²) in [5, 5.41) is 18.5. The van der Waals surface area contributed by atoms with Gasteiger partial charge < -0.3 is 20.5 Å². The predicted molar refractivity (Wildman–Crippen MR) is 110 cm³/mol. The topological polar surface area (TPSA) is 80.9 Å². The molecule has 0 fully saturated rings. The van der Waals surface area contributed by atoms with Crippen molar-refractivity contribution in [2.24, 2.45) is 0 Å². The average Bonchev–Trinajstić information content (AvgIpc) is 2.74. The van der Waals surface area contributed by atoms with Crippen molar-refractivity contribution < 1.29 is 71.2 Å². The number of hydrogen-bond donors (Lipinski definition) is 2. The average molecular weight is 418 g/mol. The van der Waals surface area contributed by atoms with Crippen LogP contribution in [0, 0.1) is 0 Å². The van der Waals surface area contributed by atoms with E-state index in [-0.39, 0.29) is 62.7 Å². The molecule has 0 atom stereocenters. The van der Waals surface area contributed by atoms with Gasteiger partial charge in [-0.15, -0.1) is 0 Å². The monoisotopic (exact) mass is 417 g/mol. The quantitative estimate of drug-likeness (QED) is 0.477. The number of aromatic carboxylic acids is 1. The zero-order valence-electron chi connectivity index (χ0n) is 17.0. The Morgan fingerprint density at radius 3 is 2.03 bits per heavy atom. The number of carboxylic acid groups (broad SMARTS) is 1. The number of aromatic hydroxyl groups is 1. The van der Waals surface area contributed by atoms with Gasteiger partial charge in [0.05, 0.1) is 5.56 Å². The van der Waals surface area contributed by atoms with E-state index in [4.69, 9.17) is 9.94 Å². The predicted octanol–water partition coefficient (Wildman–Crippen LogP) is 2.91. The Hall–Kier alpha value is -1.83. The van der Waals surface area contributed by atoms with Crippen LogP contribution >= 0.6 is 0 Å². The van der Waals surface area contributed by atoms with Crippen molar-refractivity contribution in [3.05, 3.63) is 95.0 Å². The van der Waals surface area contributed by atoms with E-state index in [2.05, 4.69) is 36.7 Å². The number of carbonyl (C=O) groups is 1. The molecular formula is C23H24KNO4. The molecule has 29 heavy (non-hydrogen) atoms. The van der Waals surface area contributed by atoms with E-state index in [1.165, 1.54) is 29.8 Å². The molecule has 0 radical (unpaired) electrons. The Kier molecular flexibility index (Phi) is 11.6. The number of phenolic OH excluding ortho intramolecular Hbond substituents is 1. The Bertz CT molecular complexity index is 883. The summed E-state index contributed by atoms with van der Waals surface area (Å²) < 4.78 is 0. The Morgan fingerprint density at radius 2 is 1.52 bits per heavy atom. The molecule has 0 heterocycles. The summed E-state index contributed by atoms with van der Waals surface area (Å²) in [5.41, 5.74) is 6.82. The molecule has 0 saturated heterocycles. The van der Waals surface area contributed by atoms with Gasteiger partial charge in [-0.2, -0.15) is 0 Å². The number of aryl methyl sites for hydroxylation is 2. The molecule has 3 aromatic rings. The van der Waals surface area contributed by atoms with E-state index in [9.17, 15) is 9.90 Å². The van der Waals surface area contributed by atoms with Crippen LogP contribution in [0.5, 0.6) is 11.5 Å². The summed E-state index contributed by atoms with van der Waals surface area (Å²) in [7, 11) is 0. The van der Waals surface area contributed by atoms with E-state index in [0.717, 1.165) is 18.4 Å². The maximum absolute atomic E-state index is 10.7. The van der Waals surface area contributed by atoms with Gasteiger partial charge in [0.1, 0.15) is 11.5 Å². The molecule has 0 unspecified atom stereocenters. The largest absolute Gasteiger partial charge is 1.00 e. The number of phenols is 1. The van der Waals surface area contributed by atoms with Crippen molar-refractivity contribution in [2.75, 3.05) is 0 Å². The van der Waals surface area contributed by atoms with Crippen LogP contribution in [-0.2, 0) is 12.8 Å². The molecule has 0 aliphatic heterocycles. The first-order chi connectivity index (χ1) is 13.5. The molecule has 2 N–H and O–H groups in total. The number of hydrogen-bond acceptors (Lipinski definition) is 3. The molecule has 0 bridgehead atoms. The van der Waals surface area contributed by atoms with Crippen molar-refractivity contribution in [3.8, 4) is 11.5 Å². The van der Waals surface area contributed by atoms with Gasteiger partial charge in [-0.1, -0.05) is 62.0 Å². The number of rotatable bonds is 6. The molecule has 0 aliphatic carbocycles. The van der Waals surface area contributed by atoms with Gasteiger partial charge in [-0.25, -0.2) is 4.79 Å². The molecule has 3 rings (SSSR count). The summed E-state index contributed by atoms with van der Waals surface area (Å²) in [4.78, 5) is 15.9. The second-order valence-electron chi connectivity index (χ2n) is 6.03. The van der Waals surface area contributed by atoms with Gasteiger partial charge in [0, 0.05) is 0 Å². The van der Waals surface area contributed by atoms with E-state index >= 15 is 0 Å². The molecule has 0 amide bonds. The smallest absolute Gasteiger partial charge is 0.557 e. The van der Waals surface area contributed by atoms with E-state index < -0.39 is 5.97 Å². The van der Waals surface area contributed by atoms with Crippen molar-refractivity contribution in [1.29, 1.82) is 0 Å². The molecule has 5 nitrogen and oxygen atoms in total. The number of benzene rings is 3. The summed E-state index contributed by atoms with van der Waals surface area (Å²) in [6.07, 6.45) is 1.97. The first-order valence-corrected chi connectivity index (χ1v) is 9.10. The molecule has 146 valence electrons. The first kappa shape index (κ1) is 25.2. The fraction of sp³-hybridized carbons (Fsp3) is 0.174. The third kappa shape index (κ3) is 8.59. The summed E-state index contributed by atoms with van der Waals surface area (Å²) in [6.45, 7) is 4.16. The molecule has 0 aliphatic rings. The molecule has 0 spiro atoms. The minimum absolute atomic E-state index is 0. The second-order valence-corrected chi connectivity index (χ2v) is 6.03. The van der Waals surface area contributed by atoms with Crippen LogP contribution in [0.3, 0.4) is 0 Å². The Balaban J connectivity index is 0.000000394. The third-order valence-corrected chi connectivity index (χ3v) is 4.05. The van der Waals surface area contributed by atoms with Crippen molar-refractivity contribution in [1.82, 2.24) is 0 Å².